The molecule has 0 N–H and O–H groups in total. The van der Waals surface area contributed by atoms with E-state index in [1.807, 2.05) is 13.8 Å². The number of aryl methyl sites for hydroxylation is 2. The first kappa shape index (κ1) is 14.8. The molecule has 0 aliphatic carbocycles. The fraction of sp³-hybridized carbons (Fsp3) is 0.375. The number of nitrogens with zero attached hydrogens (tertiary/aromatic N) is 2. The van der Waals surface area contributed by atoms with Crippen LogP contribution in [0.15, 0.2) is 29.1 Å². The number of rotatable bonds is 3. The summed E-state index contributed by atoms with van der Waals surface area (Å²) in [5, 5.41) is 0.260. The van der Waals surface area contributed by atoms with E-state index in [0.717, 1.165) is 11.4 Å². The monoisotopic (exact) mass is 290 g/mol. The Bertz CT molecular complexity index is 689. The van der Waals surface area contributed by atoms with Crippen LogP contribution in [0.4, 0.5) is 0 Å². The average molecular weight is 291 g/mol. The van der Waals surface area contributed by atoms with Crippen molar-refractivity contribution in [1.82, 2.24) is 9.55 Å². The molecule has 2 aromatic rings. The first-order valence-electron chi connectivity index (χ1n) is 6.72. The molecule has 0 spiro atoms. The van der Waals surface area contributed by atoms with Crippen molar-refractivity contribution in [2.24, 2.45) is 0 Å². The second-order valence-electron chi connectivity index (χ2n) is 5.45. The Balaban J connectivity index is 2.53. The van der Waals surface area contributed by atoms with Gasteiger partial charge in [0.2, 0.25) is 0 Å². The van der Waals surface area contributed by atoms with E-state index in [1.165, 1.54) is 17.2 Å². The number of hydrogen-bond donors (Lipinski definition) is 0. The van der Waals surface area contributed by atoms with Crippen LogP contribution < -0.4 is 5.56 Å². The van der Waals surface area contributed by atoms with Crippen molar-refractivity contribution in [1.29, 1.82) is 0 Å². The van der Waals surface area contributed by atoms with Gasteiger partial charge in [-0.25, -0.2) is 4.98 Å². The first-order chi connectivity index (χ1) is 9.38. The van der Waals surface area contributed by atoms with Gasteiger partial charge in [0.05, 0.1) is 6.54 Å². The van der Waals surface area contributed by atoms with Crippen LogP contribution in [-0.2, 0) is 6.54 Å². The molecule has 20 heavy (non-hydrogen) atoms. The van der Waals surface area contributed by atoms with Gasteiger partial charge in [-0.1, -0.05) is 49.2 Å². The molecule has 106 valence electrons. The molecule has 1 heterocycles. The Labute approximate surface area is 124 Å². The Morgan fingerprint density at radius 2 is 1.95 bits per heavy atom. The quantitative estimate of drug-likeness (QED) is 0.808. The third-order valence-corrected chi connectivity index (χ3v) is 3.55. The van der Waals surface area contributed by atoms with Crippen LogP contribution in [0.25, 0.3) is 0 Å². The Kier molecular flexibility index (Phi) is 4.29. The predicted octanol–water partition coefficient (Wildman–Crippen LogP) is 3.69. The van der Waals surface area contributed by atoms with Crippen LogP contribution in [0.1, 0.15) is 42.3 Å². The molecular weight excluding hydrogens is 272 g/mol. The predicted molar refractivity (Wildman–Crippen MR) is 82.6 cm³/mol. The van der Waals surface area contributed by atoms with E-state index in [4.69, 9.17) is 11.6 Å². The van der Waals surface area contributed by atoms with Gasteiger partial charge >= 0.3 is 0 Å². The third kappa shape index (κ3) is 3.10. The lowest BCUT2D eigenvalue weighted by molar-refractivity contribution is 0.623. The van der Waals surface area contributed by atoms with Crippen LogP contribution in [0.3, 0.4) is 0 Å². The third-order valence-electron chi connectivity index (χ3n) is 3.36. The van der Waals surface area contributed by atoms with E-state index in [0.29, 0.717) is 6.54 Å². The van der Waals surface area contributed by atoms with Gasteiger partial charge in [-0.05, 0) is 25.0 Å². The summed E-state index contributed by atoms with van der Waals surface area (Å²) >= 11 is 5.90. The SMILES string of the molecule is Cc1ccc(C)c(Cn2c(C(C)C)nc(Cl)cc2=O)c1. The van der Waals surface area contributed by atoms with Crippen LogP contribution in [-0.4, -0.2) is 9.55 Å². The van der Waals surface area contributed by atoms with Crippen molar-refractivity contribution < 1.29 is 0 Å². The van der Waals surface area contributed by atoms with Crippen molar-refractivity contribution >= 4 is 11.6 Å². The van der Waals surface area contributed by atoms with Gasteiger partial charge in [-0.3, -0.25) is 9.36 Å². The lowest BCUT2D eigenvalue weighted by atomic mass is 10.1. The molecule has 0 amide bonds. The summed E-state index contributed by atoms with van der Waals surface area (Å²) in [4.78, 5) is 16.5. The zero-order valence-corrected chi connectivity index (χ0v) is 13.0. The van der Waals surface area contributed by atoms with Crippen LogP contribution in [0, 0.1) is 13.8 Å². The highest BCUT2D eigenvalue weighted by Gasteiger charge is 2.12. The molecule has 2 rings (SSSR count). The molecule has 1 aromatic heterocycles. The number of halogens is 1. The number of benzene rings is 1. The molecule has 0 fully saturated rings. The van der Waals surface area contributed by atoms with Crippen LogP contribution >= 0.6 is 11.6 Å². The standard InChI is InChI=1S/C16H19ClN2O/c1-10(2)16-18-14(17)8-15(20)19(16)9-13-7-11(3)5-6-12(13)4/h5-8,10H,9H2,1-4H3. The molecule has 0 aliphatic heterocycles. The second-order valence-corrected chi connectivity index (χ2v) is 5.83. The Morgan fingerprint density at radius 3 is 2.60 bits per heavy atom. The minimum Gasteiger partial charge on any atom is -0.292 e. The number of hydrogen-bond acceptors (Lipinski definition) is 2. The first-order valence-corrected chi connectivity index (χ1v) is 7.09. The van der Waals surface area contributed by atoms with Crippen molar-refractivity contribution in [3.8, 4) is 0 Å². The maximum Gasteiger partial charge on any atom is 0.255 e. The molecule has 0 atom stereocenters. The van der Waals surface area contributed by atoms with Gasteiger partial charge in [0.15, 0.2) is 0 Å². The average Bonchev–Trinajstić information content (AvgIpc) is 2.36. The van der Waals surface area contributed by atoms with E-state index in [9.17, 15) is 4.79 Å². The molecule has 0 saturated carbocycles. The lowest BCUT2D eigenvalue weighted by Gasteiger charge is -2.16. The van der Waals surface area contributed by atoms with Gasteiger partial charge in [0, 0.05) is 12.0 Å². The summed E-state index contributed by atoms with van der Waals surface area (Å²) in [5.41, 5.74) is 3.39. The minimum absolute atomic E-state index is 0.102. The summed E-state index contributed by atoms with van der Waals surface area (Å²) in [6.45, 7) is 8.66. The highest BCUT2D eigenvalue weighted by atomic mass is 35.5. The van der Waals surface area contributed by atoms with Crippen molar-refractivity contribution in [3.05, 3.63) is 62.3 Å². The maximum absolute atomic E-state index is 12.2. The number of aromatic nitrogens is 2. The molecule has 0 aliphatic rings. The zero-order chi connectivity index (χ0) is 14.9. The molecule has 1 aromatic carbocycles. The van der Waals surface area contributed by atoms with Crippen LogP contribution in [0.5, 0.6) is 0 Å². The molecule has 0 bridgehead atoms. The fourth-order valence-electron chi connectivity index (χ4n) is 2.24. The van der Waals surface area contributed by atoms with Gasteiger partial charge in [0.25, 0.3) is 5.56 Å². The van der Waals surface area contributed by atoms with Gasteiger partial charge in [0.1, 0.15) is 11.0 Å². The van der Waals surface area contributed by atoms with E-state index in [2.05, 4.69) is 37.0 Å². The zero-order valence-electron chi connectivity index (χ0n) is 12.3. The lowest BCUT2D eigenvalue weighted by Crippen LogP contribution is -2.26. The molecule has 0 saturated heterocycles. The molecule has 0 radical (unpaired) electrons. The maximum atomic E-state index is 12.2. The van der Waals surface area contributed by atoms with Crippen molar-refractivity contribution in [2.45, 2.75) is 40.2 Å². The van der Waals surface area contributed by atoms with Crippen molar-refractivity contribution in [3.63, 3.8) is 0 Å². The van der Waals surface area contributed by atoms with E-state index >= 15 is 0 Å². The van der Waals surface area contributed by atoms with Gasteiger partial charge in [-0.2, -0.15) is 0 Å². The van der Waals surface area contributed by atoms with E-state index in [-0.39, 0.29) is 16.6 Å². The molecular formula is C16H19ClN2O. The highest BCUT2D eigenvalue weighted by molar-refractivity contribution is 6.29. The molecule has 0 unspecified atom stereocenters. The molecule has 4 heteroatoms. The van der Waals surface area contributed by atoms with Gasteiger partial charge < -0.3 is 0 Å². The minimum atomic E-state index is -0.102. The van der Waals surface area contributed by atoms with E-state index < -0.39 is 0 Å². The Morgan fingerprint density at radius 1 is 1.25 bits per heavy atom. The summed E-state index contributed by atoms with van der Waals surface area (Å²) in [6, 6.07) is 7.64. The topological polar surface area (TPSA) is 34.9 Å². The molecule has 3 nitrogen and oxygen atoms in total. The largest absolute Gasteiger partial charge is 0.292 e. The fourth-order valence-corrected chi connectivity index (χ4v) is 2.42. The van der Waals surface area contributed by atoms with Crippen molar-refractivity contribution in [2.75, 3.05) is 0 Å². The highest BCUT2D eigenvalue weighted by Crippen LogP contribution is 2.17. The summed E-state index contributed by atoms with van der Waals surface area (Å²) in [7, 11) is 0. The van der Waals surface area contributed by atoms with Gasteiger partial charge in [-0.15, -0.1) is 0 Å². The smallest absolute Gasteiger partial charge is 0.255 e. The Hall–Kier alpha value is -1.61. The van der Waals surface area contributed by atoms with Crippen LogP contribution in [0.2, 0.25) is 5.15 Å². The second kappa shape index (κ2) is 5.80. The summed E-state index contributed by atoms with van der Waals surface area (Å²) in [6.07, 6.45) is 0. The summed E-state index contributed by atoms with van der Waals surface area (Å²) in [5.74, 6) is 0.870. The van der Waals surface area contributed by atoms with E-state index in [1.54, 1.807) is 4.57 Å². The normalized spacial score (nSPS) is 11.1. The summed E-state index contributed by atoms with van der Waals surface area (Å²) < 4.78 is 1.71.